The average molecular weight is 801 g/mol. The predicted octanol–water partition coefficient (Wildman–Crippen LogP) is 2.31. The molecular formula is C35H26KN6NaO9S2. The van der Waals surface area contributed by atoms with Gasteiger partial charge in [0, 0.05) is 22.1 Å². The fraction of sp³-hybridized carbons (Fsp3) is 0.0571. The zero-order chi connectivity index (χ0) is 37.4. The number of phenols is 2. The summed E-state index contributed by atoms with van der Waals surface area (Å²) < 4.78 is 73.1. The number of benzene rings is 6. The molecule has 6 aromatic carbocycles. The maximum absolute atomic E-state index is 13.0. The second-order valence-corrected chi connectivity index (χ2v) is 14.2. The Morgan fingerprint density at radius 3 is 1.31 bits per heavy atom. The number of amides is 2. The van der Waals surface area contributed by atoms with Gasteiger partial charge in [-0.2, -0.15) is 10.2 Å². The van der Waals surface area contributed by atoms with Gasteiger partial charge in [0.25, 0.3) is 0 Å². The number of hydrogen-bond donors (Lipinski definition) is 4. The molecule has 0 aliphatic rings. The van der Waals surface area contributed by atoms with Crippen molar-refractivity contribution in [1.82, 2.24) is 0 Å². The summed E-state index contributed by atoms with van der Waals surface area (Å²) >= 11 is 0. The topological polar surface area (TPSA) is 245 Å². The number of carbonyl (C=O) groups excluding carboxylic acids is 1. The summed E-state index contributed by atoms with van der Waals surface area (Å²) in [7, 11) is -10.3. The second-order valence-electron chi connectivity index (χ2n) is 11.5. The molecule has 4 N–H and O–H groups in total. The van der Waals surface area contributed by atoms with E-state index in [4.69, 9.17) is 0 Å². The summed E-state index contributed by atoms with van der Waals surface area (Å²) in [6, 6.07) is 23.1. The summed E-state index contributed by atoms with van der Waals surface area (Å²) in [4.78, 5) is 11.3. The Morgan fingerprint density at radius 2 is 0.963 bits per heavy atom. The normalized spacial score (nSPS) is 11.8. The summed E-state index contributed by atoms with van der Waals surface area (Å²) in [6.45, 7) is 3.51. The minimum atomic E-state index is -5.14. The van der Waals surface area contributed by atoms with Gasteiger partial charge in [0.15, 0.2) is 11.5 Å². The number of aromatic hydroxyl groups is 2. The number of phenolic OH excluding ortho intramolecular Hbond substituents is 2. The molecule has 0 radical (unpaired) electrons. The molecule has 0 saturated heterocycles. The fourth-order valence-electron chi connectivity index (χ4n) is 5.29. The Kier molecular flexibility index (Phi) is 13.9. The predicted molar refractivity (Wildman–Crippen MR) is 191 cm³/mol. The first kappa shape index (κ1) is 43.1. The number of nitrogens with zero attached hydrogens (tertiary/aromatic N) is 4. The Hall–Kier alpha value is -3.63. The maximum Gasteiger partial charge on any atom is 1.00 e. The number of urea groups is 1. The summed E-state index contributed by atoms with van der Waals surface area (Å²) in [6.07, 6.45) is 0. The van der Waals surface area contributed by atoms with Crippen LogP contribution in [0.1, 0.15) is 11.1 Å². The largest absolute Gasteiger partial charge is 1.00 e. The van der Waals surface area contributed by atoms with Crippen LogP contribution in [-0.4, -0.2) is 42.2 Å². The van der Waals surface area contributed by atoms with Crippen molar-refractivity contribution in [2.45, 2.75) is 23.6 Å². The van der Waals surface area contributed by atoms with Crippen LogP contribution in [0.5, 0.6) is 11.5 Å². The van der Waals surface area contributed by atoms with E-state index in [1.165, 1.54) is 36.4 Å². The first-order chi connectivity index (χ1) is 24.6. The number of aryl methyl sites for hydroxylation is 2. The van der Waals surface area contributed by atoms with Crippen molar-refractivity contribution in [3.63, 3.8) is 0 Å². The van der Waals surface area contributed by atoms with Gasteiger partial charge in [-0.3, -0.25) is 0 Å². The zero-order valence-corrected chi connectivity index (χ0v) is 35.9. The maximum atomic E-state index is 13.0. The van der Waals surface area contributed by atoms with Gasteiger partial charge in [-0.15, -0.1) is 10.2 Å². The summed E-state index contributed by atoms with van der Waals surface area (Å²) in [5.41, 5.74) is 1.42. The van der Waals surface area contributed by atoms with E-state index in [1.54, 1.807) is 62.4 Å². The van der Waals surface area contributed by atoms with Crippen LogP contribution in [-0.2, 0) is 20.2 Å². The van der Waals surface area contributed by atoms with E-state index < -0.39 is 58.9 Å². The standard InChI is InChI=1S/C35H28N6O9S2.K.Na/c1-19-7-3-5-9-27(19)38-40-31-29(51(45,46)47)17-21-15-23(11-13-25(21)33(31)42)36-35(44)37-24-12-14-26-22(16-24)18-30(52(48,49)50)32(34(26)43)41-39-28-10-6-4-8-20(28)2;;/h3-18,42-43H,1-2H3,(H2,36,37,44)(H,45,46,47)(H,48,49,50);;/q;2*+1/p-2. The van der Waals surface area contributed by atoms with Gasteiger partial charge in [0.2, 0.25) is 0 Å². The SMILES string of the molecule is Cc1ccccc1N=Nc1c(S(=O)(=O)[O-])cc2cc(NC(=O)Nc3ccc4c(O)c(N=Nc5ccccc5C)c(S(=O)(=O)[O-])cc4c3)ccc2c1O.[K+].[Na+]. The zero-order valence-electron chi connectivity index (χ0n) is 29.1. The van der Waals surface area contributed by atoms with Crippen LogP contribution in [0, 0.1) is 13.8 Å². The van der Waals surface area contributed by atoms with E-state index in [0.717, 1.165) is 23.3 Å². The van der Waals surface area contributed by atoms with Gasteiger partial charge in [0.05, 0.1) is 21.2 Å². The van der Waals surface area contributed by atoms with Gasteiger partial charge in [-0.25, -0.2) is 21.6 Å². The van der Waals surface area contributed by atoms with Crippen LogP contribution in [0.25, 0.3) is 21.5 Å². The molecule has 0 aliphatic carbocycles. The van der Waals surface area contributed by atoms with Crippen molar-refractivity contribution in [2.24, 2.45) is 20.5 Å². The molecule has 0 spiro atoms. The van der Waals surface area contributed by atoms with Crippen LogP contribution in [0.3, 0.4) is 0 Å². The minimum Gasteiger partial charge on any atom is -0.744 e. The molecule has 54 heavy (non-hydrogen) atoms. The Balaban J connectivity index is 0.00000325. The molecule has 6 aromatic rings. The molecule has 0 saturated carbocycles. The van der Waals surface area contributed by atoms with Crippen LogP contribution in [0.2, 0.25) is 0 Å². The third-order valence-electron chi connectivity index (χ3n) is 7.90. The van der Waals surface area contributed by atoms with Crippen molar-refractivity contribution in [1.29, 1.82) is 0 Å². The Labute approximate surface area is 373 Å². The summed E-state index contributed by atoms with van der Waals surface area (Å²) in [5, 5.41) is 43.2. The smallest absolute Gasteiger partial charge is 0.744 e. The number of nitrogens with one attached hydrogen (secondary N) is 2. The molecule has 0 fully saturated rings. The first-order valence-corrected chi connectivity index (χ1v) is 18.0. The van der Waals surface area contributed by atoms with Crippen LogP contribution in [0.4, 0.5) is 38.9 Å². The van der Waals surface area contributed by atoms with Gasteiger partial charge < -0.3 is 30.0 Å². The van der Waals surface area contributed by atoms with E-state index in [-0.39, 0.29) is 114 Å². The molecule has 2 amide bonds. The van der Waals surface area contributed by atoms with Crippen molar-refractivity contribution in [2.75, 3.05) is 10.6 Å². The molecule has 15 nitrogen and oxygen atoms in total. The number of hydrogen-bond acceptors (Lipinski definition) is 13. The molecule has 19 heteroatoms. The monoisotopic (exact) mass is 800 g/mol. The molecule has 0 unspecified atom stereocenters. The van der Waals surface area contributed by atoms with Crippen molar-refractivity contribution >= 4 is 81.9 Å². The van der Waals surface area contributed by atoms with Gasteiger partial charge in [-0.1, -0.05) is 36.4 Å². The Bertz CT molecular complexity index is 2550. The molecule has 0 heterocycles. The Morgan fingerprint density at radius 1 is 0.593 bits per heavy atom. The van der Waals surface area contributed by atoms with E-state index >= 15 is 0 Å². The molecule has 0 aromatic heterocycles. The van der Waals surface area contributed by atoms with Crippen molar-refractivity contribution < 1.29 is 122 Å². The molecule has 0 aliphatic heterocycles. The van der Waals surface area contributed by atoms with Crippen LogP contribution in [0.15, 0.2) is 127 Å². The molecule has 264 valence electrons. The minimum absolute atomic E-state index is 0. The number of anilines is 2. The van der Waals surface area contributed by atoms with Gasteiger partial charge in [0.1, 0.15) is 31.6 Å². The van der Waals surface area contributed by atoms with E-state index in [0.29, 0.717) is 11.4 Å². The van der Waals surface area contributed by atoms with Crippen LogP contribution < -0.4 is 91.6 Å². The van der Waals surface area contributed by atoms with Gasteiger partial charge >= 0.3 is 87.0 Å². The third kappa shape index (κ3) is 9.59. The third-order valence-corrected chi connectivity index (χ3v) is 9.60. The quantitative estimate of drug-likeness (QED) is 0.100. The molecule has 0 atom stereocenters. The van der Waals surface area contributed by atoms with Gasteiger partial charge in [-0.05, 0) is 96.4 Å². The van der Waals surface area contributed by atoms with Crippen LogP contribution >= 0.6 is 0 Å². The number of carbonyl (C=O) groups is 1. The first-order valence-electron chi connectivity index (χ1n) is 15.1. The fourth-order valence-corrected chi connectivity index (χ4v) is 6.58. The van der Waals surface area contributed by atoms with E-state index in [2.05, 4.69) is 31.1 Å². The second kappa shape index (κ2) is 17.4. The number of rotatable bonds is 8. The van der Waals surface area contributed by atoms with Crippen molar-refractivity contribution in [3.05, 3.63) is 108 Å². The molecule has 6 rings (SSSR count). The average Bonchev–Trinajstić information content (AvgIpc) is 3.07. The summed E-state index contributed by atoms with van der Waals surface area (Å²) in [5.74, 6) is -1.22. The van der Waals surface area contributed by atoms with E-state index in [9.17, 15) is 40.9 Å². The number of azo groups is 2. The van der Waals surface area contributed by atoms with Crippen molar-refractivity contribution in [3.8, 4) is 11.5 Å². The molecule has 0 bridgehead atoms. The number of fused-ring (bicyclic) bond motifs is 2. The van der Waals surface area contributed by atoms with E-state index in [1.807, 2.05) is 0 Å². The molecular weight excluding hydrogens is 775 g/mol.